The monoisotopic (exact) mass is 305 g/mol. The maximum atomic E-state index is 12.1. The van der Waals surface area contributed by atoms with Crippen LogP contribution < -0.4 is 0 Å². The van der Waals surface area contributed by atoms with Crippen molar-refractivity contribution in [3.63, 3.8) is 0 Å². The maximum Gasteiger partial charge on any atom is 0.276 e. The van der Waals surface area contributed by atoms with Crippen LogP contribution in [0.4, 0.5) is 0 Å². The van der Waals surface area contributed by atoms with Crippen LogP contribution in [0.25, 0.3) is 0 Å². The average Bonchev–Trinajstić information content (AvgIpc) is 3.19. The zero-order valence-corrected chi connectivity index (χ0v) is 12.7. The minimum atomic E-state index is -0.0896. The van der Waals surface area contributed by atoms with Gasteiger partial charge in [0, 0.05) is 32.1 Å². The van der Waals surface area contributed by atoms with E-state index >= 15 is 0 Å². The molecule has 2 aromatic rings. The molecule has 9 heteroatoms. The Hall–Kier alpha value is -2.29. The molecule has 0 saturated carbocycles. The van der Waals surface area contributed by atoms with E-state index in [0.717, 1.165) is 18.9 Å². The van der Waals surface area contributed by atoms with E-state index in [1.807, 2.05) is 13.8 Å². The number of hydrogen-bond acceptors (Lipinski definition) is 7. The molecule has 0 spiro atoms. The van der Waals surface area contributed by atoms with Crippen LogP contribution in [-0.4, -0.2) is 67.4 Å². The van der Waals surface area contributed by atoms with E-state index in [-0.39, 0.29) is 11.8 Å². The largest absolute Gasteiger partial charge is 0.338 e. The molecule has 1 saturated heterocycles. The minimum absolute atomic E-state index is 0.0896. The third-order valence-corrected chi connectivity index (χ3v) is 3.65. The second-order valence-electron chi connectivity index (χ2n) is 5.62. The molecule has 1 aliphatic rings. The number of carbonyl (C=O) groups excluding carboxylic acids is 1. The third kappa shape index (κ3) is 3.14. The van der Waals surface area contributed by atoms with Crippen LogP contribution in [0.1, 0.15) is 42.0 Å². The molecule has 118 valence electrons. The lowest BCUT2D eigenvalue weighted by molar-refractivity contribution is 0.0609. The third-order valence-electron chi connectivity index (χ3n) is 3.65. The van der Waals surface area contributed by atoms with Crippen LogP contribution in [0.15, 0.2) is 10.7 Å². The summed E-state index contributed by atoms with van der Waals surface area (Å²) in [6, 6.07) is 0. The summed E-state index contributed by atoms with van der Waals surface area (Å²) < 4.78 is 5.26. The zero-order valence-electron chi connectivity index (χ0n) is 12.7. The molecule has 3 rings (SSSR count). The zero-order chi connectivity index (χ0) is 15.5. The Morgan fingerprint density at radius 2 is 2.14 bits per heavy atom. The second-order valence-corrected chi connectivity index (χ2v) is 5.62. The van der Waals surface area contributed by atoms with Gasteiger partial charge in [-0.2, -0.15) is 20.4 Å². The summed E-state index contributed by atoms with van der Waals surface area (Å²) in [6.45, 7) is 7.51. The number of piperazine rings is 1. The van der Waals surface area contributed by atoms with Gasteiger partial charge in [-0.25, -0.2) is 0 Å². The molecule has 0 unspecified atom stereocenters. The van der Waals surface area contributed by atoms with Crippen molar-refractivity contribution >= 4 is 5.91 Å². The Bertz CT molecular complexity index is 614. The highest BCUT2D eigenvalue weighted by molar-refractivity contribution is 5.91. The number of carbonyl (C=O) groups is 1. The Labute approximate surface area is 127 Å². The van der Waals surface area contributed by atoms with Gasteiger partial charge in [-0.15, -0.1) is 0 Å². The lowest BCUT2D eigenvalue weighted by Gasteiger charge is -2.33. The van der Waals surface area contributed by atoms with E-state index in [2.05, 4.69) is 30.5 Å². The Morgan fingerprint density at radius 1 is 1.36 bits per heavy atom. The number of nitrogens with zero attached hydrogens (tertiary/aromatic N) is 6. The highest BCUT2D eigenvalue weighted by Gasteiger charge is 2.24. The minimum Gasteiger partial charge on any atom is -0.338 e. The second kappa shape index (κ2) is 6.22. The van der Waals surface area contributed by atoms with Crippen LogP contribution in [0.5, 0.6) is 0 Å². The summed E-state index contributed by atoms with van der Waals surface area (Å²) in [6.07, 6.45) is 1.45. The van der Waals surface area contributed by atoms with Gasteiger partial charge >= 0.3 is 0 Å². The topological polar surface area (TPSA) is 104 Å². The highest BCUT2D eigenvalue weighted by atomic mass is 16.5. The predicted molar refractivity (Wildman–Crippen MR) is 76.0 cm³/mol. The number of H-pyrrole nitrogens is 1. The first kappa shape index (κ1) is 14.6. The highest BCUT2D eigenvalue weighted by Crippen LogP contribution is 2.13. The van der Waals surface area contributed by atoms with E-state index in [1.165, 1.54) is 6.20 Å². The molecule has 0 aliphatic carbocycles. The summed E-state index contributed by atoms with van der Waals surface area (Å²) in [5.74, 6) is 1.53. The molecule has 9 nitrogen and oxygen atoms in total. The van der Waals surface area contributed by atoms with Crippen molar-refractivity contribution < 1.29 is 9.32 Å². The summed E-state index contributed by atoms with van der Waals surface area (Å²) in [5.41, 5.74) is 0.354. The van der Waals surface area contributed by atoms with Crippen molar-refractivity contribution in [3.05, 3.63) is 23.6 Å². The molecule has 0 bridgehead atoms. The molecular formula is C13H19N7O2. The normalized spacial score (nSPS) is 16.4. The van der Waals surface area contributed by atoms with Crippen molar-refractivity contribution in [2.24, 2.45) is 0 Å². The van der Waals surface area contributed by atoms with Crippen molar-refractivity contribution in [3.8, 4) is 0 Å². The van der Waals surface area contributed by atoms with Crippen molar-refractivity contribution in [2.45, 2.75) is 26.3 Å². The molecule has 2 aromatic heterocycles. The number of aromatic nitrogens is 5. The smallest absolute Gasteiger partial charge is 0.276 e. The van der Waals surface area contributed by atoms with E-state index in [0.29, 0.717) is 31.2 Å². The van der Waals surface area contributed by atoms with Gasteiger partial charge in [0.05, 0.1) is 12.7 Å². The van der Waals surface area contributed by atoms with E-state index in [1.54, 1.807) is 4.90 Å². The Morgan fingerprint density at radius 3 is 2.73 bits per heavy atom. The SMILES string of the molecule is CC(C)c1noc(CN2CCN(C(=O)c3cn[nH]n3)CC2)n1. The van der Waals surface area contributed by atoms with Crippen molar-refractivity contribution in [1.29, 1.82) is 0 Å². The quantitative estimate of drug-likeness (QED) is 0.864. The molecule has 1 N–H and O–H groups in total. The van der Waals surface area contributed by atoms with E-state index < -0.39 is 0 Å². The average molecular weight is 305 g/mol. The lowest BCUT2D eigenvalue weighted by Crippen LogP contribution is -2.48. The van der Waals surface area contributed by atoms with Gasteiger partial charge in [-0.1, -0.05) is 19.0 Å². The maximum absolute atomic E-state index is 12.1. The number of aromatic amines is 1. The first-order valence-electron chi connectivity index (χ1n) is 7.33. The van der Waals surface area contributed by atoms with Crippen LogP contribution in [0.3, 0.4) is 0 Å². The number of nitrogens with one attached hydrogen (secondary N) is 1. The Kier molecular flexibility index (Phi) is 4.14. The van der Waals surface area contributed by atoms with Crippen molar-refractivity contribution in [2.75, 3.05) is 26.2 Å². The number of rotatable bonds is 4. The summed E-state index contributed by atoms with van der Waals surface area (Å²) >= 11 is 0. The Balaban J connectivity index is 1.52. The first-order valence-corrected chi connectivity index (χ1v) is 7.33. The molecule has 3 heterocycles. The van der Waals surface area contributed by atoms with Crippen LogP contribution in [0.2, 0.25) is 0 Å². The van der Waals surface area contributed by atoms with Gasteiger partial charge in [0.1, 0.15) is 0 Å². The van der Waals surface area contributed by atoms with Crippen LogP contribution >= 0.6 is 0 Å². The molecule has 1 aliphatic heterocycles. The summed E-state index contributed by atoms with van der Waals surface area (Å²) in [7, 11) is 0. The van der Waals surface area contributed by atoms with E-state index in [4.69, 9.17) is 4.52 Å². The molecular weight excluding hydrogens is 286 g/mol. The lowest BCUT2D eigenvalue weighted by atomic mass is 10.2. The van der Waals surface area contributed by atoms with Crippen molar-refractivity contribution in [1.82, 2.24) is 35.4 Å². The molecule has 0 aromatic carbocycles. The molecule has 0 radical (unpaired) electrons. The van der Waals surface area contributed by atoms with Gasteiger partial charge in [-0.05, 0) is 0 Å². The van der Waals surface area contributed by atoms with Gasteiger partial charge < -0.3 is 9.42 Å². The van der Waals surface area contributed by atoms with Crippen LogP contribution in [-0.2, 0) is 6.54 Å². The van der Waals surface area contributed by atoms with Gasteiger partial charge in [0.2, 0.25) is 5.89 Å². The van der Waals surface area contributed by atoms with Gasteiger partial charge in [0.25, 0.3) is 5.91 Å². The fourth-order valence-electron chi connectivity index (χ4n) is 2.33. The number of amides is 1. The first-order chi connectivity index (χ1) is 10.6. The summed E-state index contributed by atoms with van der Waals surface area (Å²) in [4.78, 5) is 20.5. The fourth-order valence-corrected chi connectivity index (χ4v) is 2.33. The standard InChI is InChI=1S/C13H19N7O2/c1-9(2)12-15-11(22-17-12)8-19-3-5-20(6-4-19)13(21)10-7-14-18-16-10/h7,9H,3-6,8H2,1-2H3,(H,14,16,18). The van der Waals surface area contributed by atoms with Gasteiger partial charge in [0.15, 0.2) is 11.5 Å². The number of hydrogen-bond donors (Lipinski definition) is 1. The molecule has 1 fully saturated rings. The molecule has 0 atom stereocenters. The fraction of sp³-hybridized carbons (Fsp3) is 0.615. The van der Waals surface area contributed by atoms with E-state index in [9.17, 15) is 4.79 Å². The molecule has 22 heavy (non-hydrogen) atoms. The summed E-state index contributed by atoms with van der Waals surface area (Å²) in [5, 5.41) is 13.9. The van der Waals surface area contributed by atoms with Crippen LogP contribution in [0, 0.1) is 0 Å². The predicted octanol–water partition coefficient (Wildman–Crippen LogP) is 0.269. The molecule has 1 amide bonds. The van der Waals surface area contributed by atoms with Gasteiger partial charge in [-0.3, -0.25) is 9.69 Å².